The molecule has 0 saturated heterocycles. The fourth-order valence-corrected chi connectivity index (χ4v) is 4.33. The van der Waals surface area contributed by atoms with Crippen LogP contribution in [0.15, 0.2) is 17.2 Å². The van der Waals surface area contributed by atoms with E-state index in [1.165, 1.54) is 19.3 Å². The Labute approximate surface area is 126 Å². The van der Waals surface area contributed by atoms with E-state index in [-0.39, 0.29) is 11.5 Å². The molecule has 1 aromatic heterocycles. The summed E-state index contributed by atoms with van der Waals surface area (Å²) in [6.07, 6.45) is 9.73. The third kappa shape index (κ3) is 3.49. The Bertz CT molecular complexity index is 584. The average Bonchev–Trinajstić information content (AvgIpc) is 3.24. The maximum Gasteiger partial charge on any atom is 0.242 e. The number of nitrogens with zero attached hydrogens (tertiary/aromatic N) is 1. The van der Waals surface area contributed by atoms with E-state index in [0.29, 0.717) is 24.2 Å². The fraction of sp³-hybridized carbons (Fsp3) is 0.733. The molecule has 0 unspecified atom stereocenters. The molecule has 2 fully saturated rings. The van der Waals surface area contributed by atoms with Gasteiger partial charge < -0.3 is 9.67 Å². The van der Waals surface area contributed by atoms with Crippen LogP contribution in [0.3, 0.4) is 0 Å². The number of nitrogens with one attached hydrogen (secondary N) is 1. The third-order valence-corrected chi connectivity index (χ3v) is 6.00. The summed E-state index contributed by atoms with van der Waals surface area (Å²) >= 11 is 0. The van der Waals surface area contributed by atoms with Crippen molar-refractivity contribution in [2.24, 2.45) is 5.92 Å². The molecule has 0 radical (unpaired) electrons. The topological polar surface area (TPSA) is 71.3 Å². The number of sulfonamides is 1. The van der Waals surface area contributed by atoms with Gasteiger partial charge in [0.1, 0.15) is 0 Å². The summed E-state index contributed by atoms with van der Waals surface area (Å²) in [7, 11) is -3.46. The van der Waals surface area contributed by atoms with Gasteiger partial charge in [-0.15, -0.1) is 0 Å². The van der Waals surface area contributed by atoms with E-state index >= 15 is 0 Å². The molecule has 1 heterocycles. The predicted molar refractivity (Wildman–Crippen MR) is 80.4 cm³/mol. The number of aromatic nitrogens is 1. The Hall–Kier alpha value is -0.850. The highest BCUT2D eigenvalue weighted by Crippen LogP contribution is 2.37. The average molecular weight is 312 g/mol. The van der Waals surface area contributed by atoms with E-state index in [1.807, 2.05) is 4.57 Å². The SMILES string of the molecule is O=S(=O)(NCC1CCCCC1)c1cc(CO)n(C2CC2)c1. The van der Waals surface area contributed by atoms with Crippen molar-refractivity contribution in [3.05, 3.63) is 18.0 Å². The Morgan fingerprint density at radius 3 is 2.52 bits per heavy atom. The van der Waals surface area contributed by atoms with Crippen LogP contribution >= 0.6 is 0 Å². The lowest BCUT2D eigenvalue weighted by Crippen LogP contribution is -2.30. The molecule has 1 aromatic rings. The molecule has 21 heavy (non-hydrogen) atoms. The largest absolute Gasteiger partial charge is 0.390 e. The summed E-state index contributed by atoms with van der Waals surface area (Å²) < 4.78 is 29.4. The van der Waals surface area contributed by atoms with Crippen molar-refractivity contribution < 1.29 is 13.5 Å². The highest BCUT2D eigenvalue weighted by molar-refractivity contribution is 7.89. The first-order valence-electron chi connectivity index (χ1n) is 7.91. The van der Waals surface area contributed by atoms with Gasteiger partial charge in [0.15, 0.2) is 0 Å². The lowest BCUT2D eigenvalue weighted by molar-refractivity contribution is 0.270. The second kappa shape index (κ2) is 6.10. The van der Waals surface area contributed by atoms with E-state index < -0.39 is 10.0 Å². The van der Waals surface area contributed by atoms with E-state index in [1.54, 1.807) is 12.3 Å². The van der Waals surface area contributed by atoms with Gasteiger partial charge in [-0.1, -0.05) is 19.3 Å². The van der Waals surface area contributed by atoms with Gasteiger partial charge in [0.2, 0.25) is 10.0 Å². The summed E-state index contributed by atoms with van der Waals surface area (Å²) in [4.78, 5) is 0.286. The van der Waals surface area contributed by atoms with Gasteiger partial charge in [-0.3, -0.25) is 0 Å². The van der Waals surface area contributed by atoms with Crippen molar-refractivity contribution in [1.82, 2.24) is 9.29 Å². The van der Waals surface area contributed by atoms with Crippen LogP contribution in [0.25, 0.3) is 0 Å². The molecule has 118 valence electrons. The molecule has 2 aliphatic carbocycles. The van der Waals surface area contributed by atoms with Crippen LogP contribution in [-0.4, -0.2) is 24.6 Å². The van der Waals surface area contributed by atoms with E-state index in [9.17, 15) is 13.5 Å². The summed E-state index contributed by atoms with van der Waals surface area (Å²) in [6, 6.07) is 1.97. The lowest BCUT2D eigenvalue weighted by atomic mass is 9.90. The Morgan fingerprint density at radius 2 is 1.90 bits per heavy atom. The van der Waals surface area contributed by atoms with Crippen LogP contribution < -0.4 is 4.72 Å². The summed E-state index contributed by atoms with van der Waals surface area (Å²) in [5.74, 6) is 0.469. The van der Waals surface area contributed by atoms with Gasteiger partial charge in [0.25, 0.3) is 0 Å². The Morgan fingerprint density at radius 1 is 1.19 bits per heavy atom. The van der Waals surface area contributed by atoms with Crippen LogP contribution in [-0.2, 0) is 16.6 Å². The Kier molecular flexibility index (Phi) is 4.38. The minimum atomic E-state index is -3.46. The third-order valence-electron chi connectivity index (χ3n) is 4.61. The van der Waals surface area contributed by atoms with Crippen LogP contribution in [0.4, 0.5) is 0 Å². The van der Waals surface area contributed by atoms with Crippen molar-refractivity contribution >= 4 is 10.0 Å². The summed E-state index contributed by atoms with van der Waals surface area (Å²) in [5, 5.41) is 9.37. The smallest absolute Gasteiger partial charge is 0.242 e. The molecule has 0 bridgehead atoms. The zero-order valence-electron chi connectivity index (χ0n) is 12.3. The quantitative estimate of drug-likeness (QED) is 0.845. The van der Waals surface area contributed by atoms with Crippen LogP contribution in [0.1, 0.15) is 56.7 Å². The van der Waals surface area contributed by atoms with Gasteiger partial charge in [-0.25, -0.2) is 13.1 Å². The predicted octanol–water partition coefficient (Wildman–Crippen LogP) is 2.17. The minimum absolute atomic E-state index is 0.116. The first kappa shape index (κ1) is 15.1. The lowest BCUT2D eigenvalue weighted by Gasteiger charge is -2.21. The fourth-order valence-electron chi connectivity index (χ4n) is 3.17. The molecule has 0 aromatic carbocycles. The zero-order chi connectivity index (χ0) is 14.9. The molecule has 5 nitrogen and oxygen atoms in total. The van der Waals surface area contributed by atoms with E-state index in [4.69, 9.17) is 0 Å². The van der Waals surface area contributed by atoms with Gasteiger partial charge in [0.05, 0.1) is 11.5 Å². The first-order chi connectivity index (χ1) is 10.1. The van der Waals surface area contributed by atoms with Crippen LogP contribution in [0, 0.1) is 5.92 Å². The van der Waals surface area contributed by atoms with Crippen molar-refractivity contribution in [2.45, 2.75) is 62.5 Å². The highest BCUT2D eigenvalue weighted by Gasteiger charge is 2.28. The van der Waals surface area contributed by atoms with Crippen molar-refractivity contribution in [2.75, 3.05) is 6.54 Å². The van der Waals surface area contributed by atoms with Crippen molar-refractivity contribution in [3.63, 3.8) is 0 Å². The molecular formula is C15H24N2O3S. The van der Waals surface area contributed by atoms with Crippen molar-refractivity contribution in [3.8, 4) is 0 Å². The number of rotatable bonds is 6. The van der Waals surface area contributed by atoms with E-state index in [0.717, 1.165) is 25.7 Å². The highest BCUT2D eigenvalue weighted by atomic mass is 32.2. The van der Waals surface area contributed by atoms with Gasteiger partial charge in [-0.2, -0.15) is 0 Å². The van der Waals surface area contributed by atoms with Crippen LogP contribution in [0.5, 0.6) is 0 Å². The van der Waals surface area contributed by atoms with Gasteiger partial charge in [0, 0.05) is 24.5 Å². The number of aliphatic hydroxyl groups is 1. The molecule has 3 rings (SSSR count). The monoisotopic (exact) mass is 312 g/mol. The molecule has 0 aliphatic heterocycles. The number of hydrogen-bond acceptors (Lipinski definition) is 3. The Balaban J connectivity index is 1.68. The second-order valence-corrected chi connectivity index (χ2v) is 8.09. The molecule has 2 N–H and O–H groups in total. The molecule has 2 saturated carbocycles. The number of aliphatic hydroxyl groups excluding tert-OH is 1. The van der Waals surface area contributed by atoms with Crippen LogP contribution in [0.2, 0.25) is 0 Å². The summed E-state index contributed by atoms with van der Waals surface area (Å²) in [6.45, 7) is 0.417. The minimum Gasteiger partial charge on any atom is -0.390 e. The molecule has 0 atom stereocenters. The standard InChI is InChI=1S/C15H24N2O3S/c18-11-14-8-15(10-17(14)13-6-7-13)21(19,20)16-9-12-4-2-1-3-5-12/h8,10,12-13,16,18H,1-7,9,11H2. The second-order valence-electron chi connectivity index (χ2n) is 6.32. The normalized spacial score (nSPS) is 20.8. The maximum atomic E-state index is 12.4. The van der Waals surface area contributed by atoms with Gasteiger partial charge in [-0.05, 0) is 37.7 Å². The maximum absolute atomic E-state index is 12.4. The first-order valence-corrected chi connectivity index (χ1v) is 9.40. The molecular weight excluding hydrogens is 288 g/mol. The molecule has 0 spiro atoms. The zero-order valence-corrected chi connectivity index (χ0v) is 13.1. The van der Waals surface area contributed by atoms with Gasteiger partial charge >= 0.3 is 0 Å². The molecule has 0 amide bonds. The van der Waals surface area contributed by atoms with E-state index in [2.05, 4.69) is 4.72 Å². The summed E-state index contributed by atoms with van der Waals surface area (Å²) in [5.41, 5.74) is 0.690. The number of hydrogen-bond donors (Lipinski definition) is 2. The molecule has 6 heteroatoms. The van der Waals surface area contributed by atoms with Crippen molar-refractivity contribution in [1.29, 1.82) is 0 Å². The molecule has 2 aliphatic rings.